The van der Waals surface area contributed by atoms with Crippen molar-refractivity contribution in [1.82, 2.24) is 5.32 Å². The first-order valence-corrected chi connectivity index (χ1v) is 5.36. The van der Waals surface area contributed by atoms with E-state index in [9.17, 15) is 0 Å². The van der Waals surface area contributed by atoms with Crippen molar-refractivity contribution in [2.45, 2.75) is 41.2 Å². The molecule has 0 saturated heterocycles. The van der Waals surface area contributed by atoms with Crippen LogP contribution in [0.2, 0.25) is 0 Å². The standard InChI is InChI=1S/C11H17N.C2H6/c1-8-5-9(2)11(7-12-4)10(3)6-8;1-2/h5-6,12H,7H2,1-4H3;1-2H3. The zero-order chi connectivity index (χ0) is 11.1. The van der Waals surface area contributed by atoms with Crippen molar-refractivity contribution in [3.63, 3.8) is 0 Å². The number of hydrogen-bond acceptors (Lipinski definition) is 1. The smallest absolute Gasteiger partial charge is 0.0207 e. The van der Waals surface area contributed by atoms with Crippen molar-refractivity contribution in [3.05, 3.63) is 34.4 Å². The molecule has 0 saturated carbocycles. The molecule has 1 aromatic rings. The molecule has 14 heavy (non-hydrogen) atoms. The van der Waals surface area contributed by atoms with Gasteiger partial charge in [0.15, 0.2) is 0 Å². The lowest BCUT2D eigenvalue weighted by Gasteiger charge is -2.10. The predicted molar refractivity (Wildman–Crippen MR) is 64.8 cm³/mol. The molecule has 0 atom stereocenters. The maximum atomic E-state index is 3.19. The number of hydrogen-bond donors (Lipinski definition) is 1. The van der Waals surface area contributed by atoms with Crippen LogP contribution in [-0.2, 0) is 6.54 Å². The van der Waals surface area contributed by atoms with Gasteiger partial charge in [0.05, 0.1) is 0 Å². The first-order valence-electron chi connectivity index (χ1n) is 5.36. The quantitative estimate of drug-likeness (QED) is 0.759. The fraction of sp³-hybridized carbons (Fsp3) is 0.538. The third kappa shape index (κ3) is 3.51. The van der Waals surface area contributed by atoms with E-state index in [1.165, 1.54) is 22.3 Å². The van der Waals surface area contributed by atoms with E-state index in [0.29, 0.717) is 0 Å². The van der Waals surface area contributed by atoms with Crippen LogP contribution in [0.1, 0.15) is 36.1 Å². The number of aryl methyl sites for hydroxylation is 3. The Morgan fingerprint density at radius 1 is 1.00 bits per heavy atom. The SMILES string of the molecule is CC.CNCc1c(C)cc(C)cc1C. The summed E-state index contributed by atoms with van der Waals surface area (Å²) in [7, 11) is 1.98. The Labute approximate surface area is 88.5 Å². The van der Waals surface area contributed by atoms with Gasteiger partial charge in [-0.25, -0.2) is 0 Å². The molecule has 0 radical (unpaired) electrons. The molecule has 0 amide bonds. The maximum absolute atomic E-state index is 3.19. The number of nitrogens with one attached hydrogen (secondary N) is 1. The second kappa shape index (κ2) is 6.61. The van der Waals surface area contributed by atoms with Gasteiger partial charge in [0.25, 0.3) is 0 Å². The molecular formula is C13H23N. The Bertz CT molecular complexity index is 254. The van der Waals surface area contributed by atoms with Crippen LogP contribution in [0.4, 0.5) is 0 Å². The third-order valence-corrected chi connectivity index (χ3v) is 2.19. The molecule has 0 fully saturated rings. The molecule has 0 bridgehead atoms. The second-order valence-electron chi connectivity index (χ2n) is 3.41. The van der Waals surface area contributed by atoms with Crippen LogP contribution in [0.5, 0.6) is 0 Å². The Morgan fingerprint density at radius 2 is 1.43 bits per heavy atom. The van der Waals surface area contributed by atoms with Crippen molar-refractivity contribution in [2.75, 3.05) is 7.05 Å². The monoisotopic (exact) mass is 193 g/mol. The summed E-state index contributed by atoms with van der Waals surface area (Å²) in [5.74, 6) is 0. The van der Waals surface area contributed by atoms with Crippen LogP contribution < -0.4 is 5.32 Å². The highest BCUT2D eigenvalue weighted by atomic mass is 14.8. The fourth-order valence-electron chi connectivity index (χ4n) is 1.67. The molecule has 1 heteroatoms. The average molecular weight is 193 g/mol. The van der Waals surface area contributed by atoms with Gasteiger partial charge in [-0.3, -0.25) is 0 Å². The van der Waals surface area contributed by atoms with Gasteiger partial charge in [-0.2, -0.15) is 0 Å². The molecule has 1 rings (SSSR count). The van der Waals surface area contributed by atoms with Gasteiger partial charge in [0.2, 0.25) is 0 Å². The minimum absolute atomic E-state index is 0.970. The van der Waals surface area contributed by atoms with Crippen molar-refractivity contribution >= 4 is 0 Å². The molecule has 1 nitrogen and oxygen atoms in total. The molecule has 0 spiro atoms. The highest BCUT2D eigenvalue weighted by Gasteiger charge is 2.01. The molecule has 80 valence electrons. The lowest BCUT2D eigenvalue weighted by atomic mass is 10.00. The largest absolute Gasteiger partial charge is 0.316 e. The highest BCUT2D eigenvalue weighted by molar-refractivity contribution is 5.37. The lowest BCUT2D eigenvalue weighted by molar-refractivity contribution is 0.805. The van der Waals surface area contributed by atoms with E-state index in [4.69, 9.17) is 0 Å². The van der Waals surface area contributed by atoms with Crippen LogP contribution >= 0.6 is 0 Å². The van der Waals surface area contributed by atoms with Crippen LogP contribution in [-0.4, -0.2) is 7.05 Å². The summed E-state index contributed by atoms with van der Waals surface area (Å²) in [5.41, 5.74) is 5.57. The van der Waals surface area contributed by atoms with Gasteiger partial charge in [-0.15, -0.1) is 0 Å². The minimum Gasteiger partial charge on any atom is -0.316 e. The predicted octanol–water partition coefficient (Wildman–Crippen LogP) is 3.36. The average Bonchev–Trinajstić information content (AvgIpc) is 2.14. The second-order valence-corrected chi connectivity index (χ2v) is 3.41. The Balaban J connectivity index is 0.000000791. The van der Waals surface area contributed by atoms with E-state index in [1.54, 1.807) is 0 Å². The molecule has 0 aliphatic carbocycles. The Hall–Kier alpha value is -0.820. The summed E-state index contributed by atoms with van der Waals surface area (Å²) < 4.78 is 0. The number of rotatable bonds is 2. The summed E-state index contributed by atoms with van der Waals surface area (Å²) >= 11 is 0. The topological polar surface area (TPSA) is 12.0 Å². The molecule has 0 heterocycles. The molecule has 0 unspecified atom stereocenters. The van der Waals surface area contributed by atoms with E-state index in [2.05, 4.69) is 38.2 Å². The van der Waals surface area contributed by atoms with Crippen molar-refractivity contribution < 1.29 is 0 Å². The summed E-state index contributed by atoms with van der Waals surface area (Å²) in [6.07, 6.45) is 0. The van der Waals surface area contributed by atoms with Gasteiger partial charge < -0.3 is 5.32 Å². The Kier molecular flexibility index (Phi) is 6.22. The molecule has 1 aromatic carbocycles. The zero-order valence-electron chi connectivity index (χ0n) is 10.4. The van der Waals surface area contributed by atoms with Gasteiger partial charge in [0.1, 0.15) is 0 Å². The maximum Gasteiger partial charge on any atom is 0.0207 e. The third-order valence-electron chi connectivity index (χ3n) is 2.19. The minimum atomic E-state index is 0.970. The number of benzene rings is 1. The lowest BCUT2D eigenvalue weighted by Crippen LogP contribution is -2.08. The van der Waals surface area contributed by atoms with Crippen molar-refractivity contribution in [3.8, 4) is 0 Å². The first-order chi connectivity index (χ1) is 6.65. The van der Waals surface area contributed by atoms with E-state index in [1.807, 2.05) is 20.9 Å². The van der Waals surface area contributed by atoms with Gasteiger partial charge >= 0.3 is 0 Å². The van der Waals surface area contributed by atoms with Crippen LogP contribution in [0, 0.1) is 20.8 Å². The van der Waals surface area contributed by atoms with E-state index in [0.717, 1.165) is 6.54 Å². The molecular weight excluding hydrogens is 170 g/mol. The van der Waals surface area contributed by atoms with Gasteiger partial charge in [0, 0.05) is 6.54 Å². The van der Waals surface area contributed by atoms with Crippen LogP contribution in [0.25, 0.3) is 0 Å². The molecule has 0 aliphatic heterocycles. The van der Waals surface area contributed by atoms with Crippen LogP contribution in [0.15, 0.2) is 12.1 Å². The van der Waals surface area contributed by atoms with Gasteiger partial charge in [-0.1, -0.05) is 31.5 Å². The molecule has 0 aromatic heterocycles. The van der Waals surface area contributed by atoms with Gasteiger partial charge in [-0.05, 0) is 44.5 Å². The summed E-state index contributed by atoms with van der Waals surface area (Å²) in [6, 6.07) is 4.47. The zero-order valence-corrected chi connectivity index (χ0v) is 10.4. The molecule has 1 N–H and O–H groups in total. The summed E-state index contributed by atoms with van der Waals surface area (Å²) in [6.45, 7) is 11.5. The van der Waals surface area contributed by atoms with E-state index >= 15 is 0 Å². The Morgan fingerprint density at radius 3 is 1.79 bits per heavy atom. The van der Waals surface area contributed by atoms with Crippen LogP contribution in [0.3, 0.4) is 0 Å². The normalized spacial score (nSPS) is 9.29. The van der Waals surface area contributed by atoms with Crippen molar-refractivity contribution in [1.29, 1.82) is 0 Å². The van der Waals surface area contributed by atoms with Crippen molar-refractivity contribution in [2.24, 2.45) is 0 Å². The van der Waals surface area contributed by atoms with E-state index in [-0.39, 0.29) is 0 Å². The highest BCUT2D eigenvalue weighted by Crippen LogP contribution is 2.15. The molecule has 0 aliphatic rings. The summed E-state index contributed by atoms with van der Waals surface area (Å²) in [5, 5.41) is 3.19. The van der Waals surface area contributed by atoms with E-state index < -0.39 is 0 Å². The summed E-state index contributed by atoms with van der Waals surface area (Å²) in [4.78, 5) is 0. The fourth-order valence-corrected chi connectivity index (χ4v) is 1.67. The first kappa shape index (κ1) is 13.2.